The predicted octanol–water partition coefficient (Wildman–Crippen LogP) is 2.60. The number of hydrogen-bond acceptors (Lipinski definition) is 2. The fourth-order valence-corrected chi connectivity index (χ4v) is 3.35. The Balaban J connectivity index is 1.89. The van der Waals surface area contributed by atoms with Gasteiger partial charge in [-0.25, -0.2) is 0 Å². The normalized spacial score (nSPS) is 42.0. The molecule has 0 spiro atoms. The van der Waals surface area contributed by atoms with Crippen molar-refractivity contribution in [1.29, 1.82) is 0 Å². The summed E-state index contributed by atoms with van der Waals surface area (Å²) in [5.74, 6) is 2.03. The van der Waals surface area contributed by atoms with Crippen molar-refractivity contribution >= 4 is 0 Å². The summed E-state index contributed by atoms with van der Waals surface area (Å²) in [7, 11) is 0. The predicted molar refractivity (Wildman–Crippen MR) is 60.7 cm³/mol. The molecule has 1 N–H and O–H groups in total. The molecule has 0 bridgehead atoms. The van der Waals surface area contributed by atoms with E-state index in [2.05, 4.69) is 6.92 Å². The molecule has 2 rings (SSSR count). The lowest BCUT2D eigenvalue weighted by molar-refractivity contribution is 0.0118. The molecule has 2 nitrogen and oxygen atoms in total. The van der Waals surface area contributed by atoms with Crippen molar-refractivity contribution in [3.05, 3.63) is 0 Å². The lowest BCUT2D eigenvalue weighted by Crippen LogP contribution is -2.34. The maximum Gasteiger partial charge on any atom is 0.0572 e. The second-order valence-electron chi connectivity index (χ2n) is 5.32. The number of rotatable bonds is 3. The van der Waals surface area contributed by atoms with Gasteiger partial charge in [0.05, 0.1) is 6.10 Å². The maximum atomic E-state index is 10.1. The van der Waals surface area contributed by atoms with E-state index in [0.717, 1.165) is 25.6 Å². The smallest absolute Gasteiger partial charge is 0.0572 e. The molecule has 1 saturated heterocycles. The van der Waals surface area contributed by atoms with Crippen molar-refractivity contribution in [3.8, 4) is 0 Å². The molecule has 0 aromatic heterocycles. The maximum absolute atomic E-state index is 10.1. The largest absolute Gasteiger partial charge is 0.393 e. The van der Waals surface area contributed by atoms with Crippen LogP contribution in [0.25, 0.3) is 0 Å². The van der Waals surface area contributed by atoms with E-state index in [9.17, 15) is 5.11 Å². The molecule has 1 aliphatic heterocycles. The van der Waals surface area contributed by atoms with Crippen LogP contribution in [0.4, 0.5) is 0 Å². The molecule has 1 aliphatic carbocycles. The van der Waals surface area contributed by atoms with E-state index in [-0.39, 0.29) is 6.10 Å². The van der Waals surface area contributed by atoms with E-state index >= 15 is 0 Å². The zero-order valence-corrected chi connectivity index (χ0v) is 9.82. The molecule has 2 fully saturated rings. The van der Waals surface area contributed by atoms with Crippen molar-refractivity contribution in [2.75, 3.05) is 13.2 Å². The highest BCUT2D eigenvalue weighted by atomic mass is 16.5. The Morgan fingerprint density at radius 3 is 2.80 bits per heavy atom. The molecule has 0 aromatic rings. The van der Waals surface area contributed by atoms with Gasteiger partial charge in [-0.2, -0.15) is 0 Å². The third-order valence-electron chi connectivity index (χ3n) is 4.24. The van der Waals surface area contributed by atoms with E-state index in [4.69, 9.17) is 4.74 Å². The lowest BCUT2D eigenvalue weighted by Gasteiger charge is -2.36. The molecule has 15 heavy (non-hydrogen) atoms. The summed E-state index contributed by atoms with van der Waals surface area (Å²) in [6.45, 7) is 4.06. The molecule has 2 aliphatic rings. The van der Waals surface area contributed by atoms with Crippen molar-refractivity contribution in [3.63, 3.8) is 0 Å². The zero-order valence-electron chi connectivity index (χ0n) is 9.82. The Kier molecular flexibility index (Phi) is 4.04. The van der Waals surface area contributed by atoms with Crippen LogP contribution in [-0.2, 0) is 4.74 Å². The third kappa shape index (κ3) is 2.73. The summed E-state index contributed by atoms with van der Waals surface area (Å²) in [5.41, 5.74) is 0. The van der Waals surface area contributed by atoms with Crippen LogP contribution in [0.5, 0.6) is 0 Å². The molecule has 0 amide bonds. The SMILES string of the molecule is CCCC1CCC(O)C(C2CCOC2)C1. The van der Waals surface area contributed by atoms with Crippen LogP contribution in [-0.4, -0.2) is 24.4 Å². The van der Waals surface area contributed by atoms with Crippen molar-refractivity contribution < 1.29 is 9.84 Å². The van der Waals surface area contributed by atoms with Crippen LogP contribution >= 0.6 is 0 Å². The minimum Gasteiger partial charge on any atom is -0.393 e. The first-order chi connectivity index (χ1) is 7.31. The summed E-state index contributed by atoms with van der Waals surface area (Å²) in [5, 5.41) is 10.1. The molecule has 88 valence electrons. The summed E-state index contributed by atoms with van der Waals surface area (Å²) < 4.78 is 5.44. The molecular formula is C13H24O2. The van der Waals surface area contributed by atoms with Gasteiger partial charge in [-0.15, -0.1) is 0 Å². The first-order valence-corrected chi connectivity index (χ1v) is 6.57. The number of aliphatic hydroxyl groups is 1. The van der Waals surface area contributed by atoms with Gasteiger partial charge in [0.2, 0.25) is 0 Å². The Morgan fingerprint density at radius 2 is 2.13 bits per heavy atom. The highest BCUT2D eigenvalue weighted by Gasteiger charge is 2.35. The lowest BCUT2D eigenvalue weighted by atomic mass is 9.72. The van der Waals surface area contributed by atoms with E-state index in [1.807, 2.05) is 0 Å². The van der Waals surface area contributed by atoms with E-state index in [1.165, 1.54) is 32.1 Å². The van der Waals surface area contributed by atoms with Gasteiger partial charge < -0.3 is 9.84 Å². The number of aliphatic hydroxyl groups excluding tert-OH is 1. The summed E-state index contributed by atoms with van der Waals surface area (Å²) in [6.07, 6.45) is 7.24. The van der Waals surface area contributed by atoms with E-state index in [0.29, 0.717) is 11.8 Å². The fraction of sp³-hybridized carbons (Fsp3) is 1.00. The molecule has 4 unspecified atom stereocenters. The van der Waals surface area contributed by atoms with Gasteiger partial charge in [-0.3, -0.25) is 0 Å². The molecule has 0 radical (unpaired) electrons. The number of hydrogen-bond donors (Lipinski definition) is 1. The van der Waals surface area contributed by atoms with E-state index in [1.54, 1.807) is 0 Å². The van der Waals surface area contributed by atoms with Crippen LogP contribution in [0.3, 0.4) is 0 Å². The molecule has 1 heterocycles. The van der Waals surface area contributed by atoms with Gasteiger partial charge in [-0.1, -0.05) is 19.8 Å². The summed E-state index contributed by atoms with van der Waals surface area (Å²) >= 11 is 0. The summed E-state index contributed by atoms with van der Waals surface area (Å²) in [4.78, 5) is 0. The van der Waals surface area contributed by atoms with Gasteiger partial charge in [0.25, 0.3) is 0 Å². The van der Waals surface area contributed by atoms with Crippen LogP contribution in [0.15, 0.2) is 0 Å². The average Bonchev–Trinajstić information content (AvgIpc) is 2.74. The van der Waals surface area contributed by atoms with E-state index < -0.39 is 0 Å². The number of ether oxygens (including phenoxy) is 1. The second kappa shape index (κ2) is 5.31. The first-order valence-electron chi connectivity index (χ1n) is 6.57. The molecular weight excluding hydrogens is 188 g/mol. The Morgan fingerprint density at radius 1 is 1.27 bits per heavy atom. The zero-order chi connectivity index (χ0) is 10.7. The Bertz CT molecular complexity index is 187. The fourth-order valence-electron chi connectivity index (χ4n) is 3.35. The Hall–Kier alpha value is -0.0800. The topological polar surface area (TPSA) is 29.5 Å². The van der Waals surface area contributed by atoms with Crippen molar-refractivity contribution in [2.45, 2.75) is 51.6 Å². The minimum absolute atomic E-state index is 0.0511. The van der Waals surface area contributed by atoms with Gasteiger partial charge in [0, 0.05) is 13.2 Å². The summed E-state index contributed by atoms with van der Waals surface area (Å²) in [6, 6.07) is 0. The van der Waals surface area contributed by atoms with Crippen LogP contribution in [0, 0.1) is 17.8 Å². The van der Waals surface area contributed by atoms with Crippen LogP contribution in [0.1, 0.15) is 45.4 Å². The van der Waals surface area contributed by atoms with Gasteiger partial charge in [-0.05, 0) is 43.4 Å². The molecule has 0 aromatic carbocycles. The first kappa shape index (κ1) is 11.4. The second-order valence-corrected chi connectivity index (χ2v) is 5.32. The molecule has 1 saturated carbocycles. The molecule has 2 heteroatoms. The van der Waals surface area contributed by atoms with Gasteiger partial charge >= 0.3 is 0 Å². The third-order valence-corrected chi connectivity index (χ3v) is 4.24. The standard InChI is InChI=1S/C13H24O2/c1-2-3-10-4-5-13(14)12(8-10)11-6-7-15-9-11/h10-14H,2-9H2,1H3. The van der Waals surface area contributed by atoms with Gasteiger partial charge in [0.1, 0.15) is 0 Å². The van der Waals surface area contributed by atoms with Crippen molar-refractivity contribution in [2.24, 2.45) is 17.8 Å². The average molecular weight is 212 g/mol. The molecule has 4 atom stereocenters. The van der Waals surface area contributed by atoms with Crippen molar-refractivity contribution in [1.82, 2.24) is 0 Å². The quantitative estimate of drug-likeness (QED) is 0.779. The van der Waals surface area contributed by atoms with Crippen LogP contribution < -0.4 is 0 Å². The highest BCUT2D eigenvalue weighted by molar-refractivity contribution is 4.85. The monoisotopic (exact) mass is 212 g/mol. The van der Waals surface area contributed by atoms with Gasteiger partial charge in [0.15, 0.2) is 0 Å². The Labute approximate surface area is 93.0 Å². The van der Waals surface area contributed by atoms with Crippen LogP contribution in [0.2, 0.25) is 0 Å². The minimum atomic E-state index is -0.0511. The highest BCUT2D eigenvalue weighted by Crippen LogP contribution is 2.38.